The first kappa shape index (κ1) is 53.6. The Kier molecular flexibility index (Phi) is 21.7. The molecule has 1 fully saturated rings. The summed E-state index contributed by atoms with van der Waals surface area (Å²) in [7, 11) is 13.5. The van der Waals surface area contributed by atoms with Crippen LogP contribution in [0.1, 0.15) is 47.4 Å². The Morgan fingerprint density at radius 2 is 1.39 bits per heavy atom. The molecule has 7 rings (SSSR count). The van der Waals surface area contributed by atoms with E-state index in [4.69, 9.17) is 9.47 Å². The molecule has 3 aliphatic rings. The second-order valence-electron chi connectivity index (χ2n) is 16.7. The quantitative estimate of drug-likeness (QED) is 0.0179. The largest absolute Gasteiger partial charge is 1.00 e. The van der Waals surface area contributed by atoms with Crippen molar-refractivity contribution in [3.8, 4) is 11.4 Å². The molecule has 1 unspecified atom stereocenters. The summed E-state index contributed by atoms with van der Waals surface area (Å²) < 4.78 is 19.3. The number of fused-ring (bicyclic) bond motifs is 1. The van der Waals surface area contributed by atoms with Crippen molar-refractivity contribution in [2.45, 2.75) is 31.7 Å². The summed E-state index contributed by atoms with van der Waals surface area (Å²) in [5.74, 6) is 2.74. The van der Waals surface area contributed by atoms with E-state index >= 15 is 0 Å². The van der Waals surface area contributed by atoms with Gasteiger partial charge in [-0.25, -0.2) is 23.3 Å². The van der Waals surface area contributed by atoms with Crippen LogP contribution in [0.15, 0.2) is 109 Å². The monoisotopic (exact) mass is 1140 g/mol. The highest BCUT2D eigenvalue weighted by molar-refractivity contribution is 8.76. The molecule has 3 aliphatic heterocycles. The van der Waals surface area contributed by atoms with Gasteiger partial charge in [-0.2, -0.15) is 0 Å². The summed E-state index contributed by atoms with van der Waals surface area (Å²) in [5.41, 5.74) is 6.56. The van der Waals surface area contributed by atoms with Crippen molar-refractivity contribution in [3.63, 3.8) is 0 Å². The SMILES string of the molecule is C[N+](C)(CCC[N+]1=CC(c2ccc(/C=C3/CCOC3=O)cc2)C=C1)CCSSCC[N+](C)(C)CCC[n+]1ccn(-c2ccc(/C=C3\C(=O)Oc4ccccc43)cc2)c1.[Br-].[Br-].[Br-].[Br-]. The van der Waals surface area contributed by atoms with Crippen molar-refractivity contribution in [3.05, 3.63) is 132 Å². The Morgan fingerprint density at radius 1 is 0.758 bits per heavy atom. The van der Waals surface area contributed by atoms with Crippen LogP contribution in [0.25, 0.3) is 23.4 Å². The van der Waals surface area contributed by atoms with Crippen molar-refractivity contribution >= 4 is 57.5 Å². The van der Waals surface area contributed by atoms with Gasteiger partial charge in [-0.15, -0.1) is 0 Å². The third kappa shape index (κ3) is 15.2. The lowest BCUT2D eigenvalue weighted by atomic mass is 9.99. The Labute approximate surface area is 417 Å². The van der Waals surface area contributed by atoms with Crippen LogP contribution in [0.3, 0.4) is 0 Å². The molecule has 334 valence electrons. The minimum absolute atomic E-state index is 0. The maximum Gasteiger partial charge on any atom is 0.344 e. The Morgan fingerprint density at radius 3 is 2.05 bits per heavy atom. The zero-order valence-electron chi connectivity index (χ0n) is 35.8. The molecule has 1 atom stereocenters. The second kappa shape index (κ2) is 25.1. The number of quaternary nitrogens is 2. The van der Waals surface area contributed by atoms with E-state index in [2.05, 4.69) is 116 Å². The molecule has 3 aromatic carbocycles. The van der Waals surface area contributed by atoms with Gasteiger partial charge in [0.25, 0.3) is 0 Å². The van der Waals surface area contributed by atoms with Crippen molar-refractivity contribution < 1.29 is 105 Å². The Hall–Kier alpha value is -2.76. The van der Waals surface area contributed by atoms with E-state index < -0.39 is 0 Å². The molecule has 62 heavy (non-hydrogen) atoms. The average molecular weight is 1140 g/mol. The van der Waals surface area contributed by atoms with Crippen LogP contribution in [0.4, 0.5) is 0 Å². The third-order valence-corrected chi connectivity index (χ3v) is 13.5. The van der Waals surface area contributed by atoms with E-state index in [9.17, 15) is 9.59 Å². The van der Waals surface area contributed by atoms with Crippen LogP contribution in [-0.2, 0) is 20.9 Å². The van der Waals surface area contributed by atoms with Crippen LogP contribution in [0.2, 0.25) is 0 Å². The van der Waals surface area contributed by atoms with E-state index in [1.54, 1.807) is 0 Å². The first-order chi connectivity index (χ1) is 28.0. The van der Waals surface area contributed by atoms with Gasteiger partial charge < -0.3 is 86.4 Å². The van der Waals surface area contributed by atoms with Gasteiger partial charge in [0.2, 0.25) is 6.33 Å². The number of halogens is 4. The Bertz CT molecular complexity index is 2220. The highest BCUT2D eigenvalue weighted by Gasteiger charge is 2.26. The minimum Gasteiger partial charge on any atom is -1.00 e. The van der Waals surface area contributed by atoms with Crippen molar-refractivity contribution in [2.24, 2.45) is 0 Å². The van der Waals surface area contributed by atoms with Crippen molar-refractivity contribution in [1.29, 1.82) is 0 Å². The first-order valence-corrected chi connectivity index (χ1v) is 22.9. The van der Waals surface area contributed by atoms with Gasteiger partial charge in [-0.3, -0.25) is 0 Å². The predicted octanol–water partition coefficient (Wildman–Crippen LogP) is -4.72. The van der Waals surface area contributed by atoms with E-state index in [-0.39, 0.29) is 85.8 Å². The number of hydrogen-bond donors (Lipinski definition) is 0. The number of imidazole rings is 1. The lowest BCUT2D eigenvalue weighted by Gasteiger charge is -2.30. The molecule has 9 nitrogen and oxygen atoms in total. The van der Waals surface area contributed by atoms with E-state index in [1.165, 1.54) is 12.1 Å². The molecule has 1 saturated heterocycles. The molecule has 1 aromatic heterocycles. The zero-order valence-corrected chi connectivity index (χ0v) is 43.8. The molecule has 0 saturated carbocycles. The van der Waals surface area contributed by atoms with Crippen LogP contribution >= 0.6 is 21.6 Å². The minimum atomic E-state index is -0.302. The molecule has 0 amide bonds. The second-order valence-corrected chi connectivity index (χ2v) is 19.4. The van der Waals surface area contributed by atoms with Crippen molar-refractivity contribution in [2.75, 3.05) is 79.0 Å². The summed E-state index contributed by atoms with van der Waals surface area (Å²) >= 11 is 0. The van der Waals surface area contributed by atoms with Crippen LogP contribution in [0, 0.1) is 0 Å². The van der Waals surface area contributed by atoms with Gasteiger partial charge >= 0.3 is 11.9 Å². The fourth-order valence-electron chi connectivity index (χ4n) is 7.49. The molecule has 0 N–H and O–H groups in total. The highest BCUT2D eigenvalue weighted by Crippen LogP contribution is 2.35. The third-order valence-electron chi connectivity index (χ3n) is 11.2. The topological polar surface area (TPSA) is 64.4 Å². The summed E-state index contributed by atoms with van der Waals surface area (Å²) in [6, 6.07) is 24.3. The number of cyclic esters (lactones) is 1. The standard InChI is InChI=1S/C47H57N5O4S2.4BrH/c1-51(2,26-7-21-48-23-19-41(35-48)39-15-11-37(12-16-39)33-40-20-30-55-46(40)53)28-31-57-58-32-29-52(3,4)27-8-22-49-24-25-50(36-49)42-17-13-38(14-18-42)34-44-43-9-5-6-10-45(43)56-47(44)54;;;;/h5-6,9-19,23-25,33-36,41H,7-8,20-22,26-32H2,1-4H3;4*1H/q+4;;;;/p-4/b40-33-,44-34-;;;;. The lowest BCUT2D eigenvalue weighted by Crippen LogP contribution is -3.00. The number of carbonyl (C=O) groups is 2. The van der Waals surface area contributed by atoms with E-state index in [1.807, 2.05) is 70.1 Å². The number of aryl methyl sites for hydroxylation is 1. The molecular weight excluding hydrogens is 1080 g/mol. The van der Waals surface area contributed by atoms with Gasteiger partial charge in [0.1, 0.15) is 23.8 Å². The van der Waals surface area contributed by atoms with Crippen LogP contribution < -0.4 is 77.2 Å². The van der Waals surface area contributed by atoms with Gasteiger partial charge in [-0.1, -0.05) is 76.2 Å². The number of allylic oxidation sites excluding steroid dienone is 1. The lowest BCUT2D eigenvalue weighted by molar-refractivity contribution is -0.890. The van der Waals surface area contributed by atoms with Gasteiger partial charge in [0.05, 0.1) is 96.9 Å². The average Bonchev–Trinajstić information content (AvgIpc) is 4.02. The molecule has 0 radical (unpaired) electrons. The predicted molar refractivity (Wildman–Crippen MR) is 237 cm³/mol. The summed E-state index contributed by atoms with van der Waals surface area (Å²) in [5, 5.41) is 0. The van der Waals surface area contributed by atoms with Gasteiger partial charge in [0.15, 0.2) is 19.0 Å². The number of rotatable bonds is 19. The number of hydrogen-bond acceptors (Lipinski definition) is 6. The highest BCUT2D eigenvalue weighted by atomic mass is 79.9. The maximum atomic E-state index is 12.4. The Balaban J connectivity index is 0.00000256. The smallest absolute Gasteiger partial charge is 0.344 e. The first-order valence-electron chi connectivity index (χ1n) is 20.4. The van der Waals surface area contributed by atoms with Crippen LogP contribution in [0.5, 0.6) is 5.75 Å². The summed E-state index contributed by atoms with van der Waals surface area (Å²) in [6.45, 7) is 7.13. The number of nitrogens with zero attached hydrogens (tertiary/aromatic N) is 5. The molecular formula is C47H57Br4N5O4S2. The van der Waals surface area contributed by atoms with E-state index in [0.29, 0.717) is 24.4 Å². The molecule has 0 aliphatic carbocycles. The normalized spacial score (nSPS) is 16.8. The number of aromatic nitrogens is 2. The number of esters is 2. The fraction of sp³-hybridized carbons (Fsp3) is 0.362. The van der Waals surface area contributed by atoms with Gasteiger partial charge in [-0.05, 0) is 53.1 Å². The van der Waals surface area contributed by atoms with Crippen molar-refractivity contribution in [1.82, 2.24) is 4.57 Å². The maximum absolute atomic E-state index is 12.4. The summed E-state index contributed by atoms with van der Waals surface area (Å²) in [6.07, 6.45) is 20.0. The number of para-hydroxylation sites is 1. The molecule has 0 bridgehead atoms. The summed E-state index contributed by atoms with van der Waals surface area (Å²) in [4.78, 5) is 24.2. The fourth-order valence-corrected chi connectivity index (χ4v) is 10.0. The molecule has 0 spiro atoms. The molecule has 15 heteroatoms. The number of benzene rings is 3. The van der Waals surface area contributed by atoms with E-state index in [0.717, 1.165) is 94.0 Å². The molecule has 4 heterocycles. The van der Waals surface area contributed by atoms with Gasteiger partial charge in [0, 0.05) is 24.0 Å². The molecule has 4 aromatic rings. The number of ether oxygens (including phenoxy) is 2. The zero-order chi connectivity index (χ0) is 40.5. The number of carbonyl (C=O) groups excluding carboxylic acids is 2. The van der Waals surface area contributed by atoms with Crippen LogP contribution in [-0.4, -0.2) is 115 Å².